The van der Waals surface area contributed by atoms with Crippen molar-refractivity contribution in [1.82, 2.24) is 5.32 Å². The Morgan fingerprint density at radius 1 is 0.378 bits per heavy atom. The number of hydrogen-bond acceptors (Lipinski definition) is 13. The molecule has 0 spiro atoms. The Hall–Kier alpha value is -3.35. The zero-order chi connectivity index (χ0) is 70.8. The highest BCUT2D eigenvalue weighted by Crippen LogP contribution is 2.30. The molecule has 0 saturated carbocycles. The smallest absolute Gasteiger partial charge is 0.220 e. The van der Waals surface area contributed by atoms with Gasteiger partial charge in [-0.05, 0) is 83.5 Å². The molecule has 0 aliphatic carbocycles. The molecule has 12 atom stereocenters. The van der Waals surface area contributed by atoms with Crippen LogP contribution < -0.4 is 5.32 Å². The van der Waals surface area contributed by atoms with Gasteiger partial charge in [0.2, 0.25) is 5.91 Å². The van der Waals surface area contributed by atoms with E-state index in [1.54, 1.807) is 0 Å². The van der Waals surface area contributed by atoms with Crippen molar-refractivity contribution >= 4 is 5.91 Å². The van der Waals surface area contributed by atoms with Crippen LogP contribution in [0, 0.1) is 0 Å². The van der Waals surface area contributed by atoms with Crippen molar-refractivity contribution in [1.29, 1.82) is 0 Å². The third-order valence-corrected chi connectivity index (χ3v) is 19.0. The highest BCUT2D eigenvalue weighted by atomic mass is 16.7. The number of rotatable bonds is 66. The number of carbonyl (C=O) groups is 1. The number of aliphatic hydroxyl groups is 8. The molecular weight excluding hydrogens is 1230 g/mol. The molecule has 9 N–H and O–H groups in total. The lowest BCUT2D eigenvalue weighted by Crippen LogP contribution is -2.65. The Bertz CT molecular complexity index is 2070. The number of aliphatic hydroxyl groups excluding tert-OH is 8. The van der Waals surface area contributed by atoms with Gasteiger partial charge in [-0.25, -0.2) is 0 Å². The standard InChI is InChI=1S/C84H147NO13/c1-3-5-7-9-11-13-15-17-19-21-23-25-27-29-30-31-32-33-34-35-36-37-38-39-40-41-42-44-46-48-50-52-54-56-58-60-62-64-66-68-76(89)85-72(71-95-83-81(94)79(92)82(75(70-87)97-83)98-84-80(93)78(91)77(90)74(69-86)96-84)73(88)67-65-63-61-59-57-55-53-51-49-47-45-43-28-26-24-22-20-18-16-14-12-10-8-6-4-2/h5,7,11,13,17,19,23,25,29-30,32-33,35-36,38-39,41-42,72-75,77-84,86-88,90-94H,3-4,6,8-10,12,14-16,18,20-22,24,26-28,31,34,37,40,43-71H2,1-2H3,(H,85,89)/b7-5-,13-11-,19-17-,25-23-,30-29-,33-32-,36-35-,39-38-,42-41-. The Morgan fingerprint density at radius 3 is 1.08 bits per heavy atom. The number of allylic oxidation sites excluding steroid dienone is 18. The number of hydrogen-bond donors (Lipinski definition) is 9. The van der Waals surface area contributed by atoms with Crippen LogP contribution >= 0.6 is 0 Å². The summed E-state index contributed by atoms with van der Waals surface area (Å²) < 4.78 is 23.0. The first-order chi connectivity index (χ1) is 48.1. The van der Waals surface area contributed by atoms with E-state index in [9.17, 15) is 45.6 Å². The first-order valence-corrected chi connectivity index (χ1v) is 40.1. The van der Waals surface area contributed by atoms with Crippen molar-refractivity contribution in [3.8, 4) is 0 Å². The molecule has 2 rings (SSSR count). The molecule has 2 heterocycles. The Morgan fingerprint density at radius 2 is 0.704 bits per heavy atom. The van der Waals surface area contributed by atoms with Gasteiger partial charge in [0, 0.05) is 6.42 Å². The lowest BCUT2D eigenvalue weighted by molar-refractivity contribution is -0.359. The highest BCUT2D eigenvalue weighted by molar-refractivity contribution is 5.76. The SMILES string of the molecule is CC/C=C\C/C=C\C/C=C\C/C=C\C/C=C\C/C=C\C/C=C\C/C=C\C/C=C\CCCCCCCCCCCCCC(=O)NC(COC1OC(CO)C(OC2OC(CO)C(O)C(O)C2O)C(O)C1O)C(O)CCCCCCCCCCCCCCCCCCCCCCCCCCC. The van der Waals surface area contributed by atoms with Crippen LogP contribution in [0.4, 0.5) is 0 Å². The van der Waals surface area contributed by atoms with Crippen molar-refractivity contribution in [2.24, 2.45) is 0 Å². The van der Waals surface area contributed by atoms with E-state index in [0.29, 0.717) is 19.3 Å². The van der Waals surface area contributed by atoms with Crippen LogP contribution in [0.15, 0.2) is 109 Å². The lowest BCUT2D eigenvalue weighted by atomic mass is 9.97. The third-order valence-electron chi connectivity index (χ3n) is 19.0. The molecule has 0 aromatic heterocycles. The lowest BCUT2D eigenvalue weighted by Gasteiger charge is -2.46. The van der Waals surface area contributed by atoms with Crippen LogP contribution in [-0.2, 0) is 23.7 Å². The van der Waals surface area contributed by atoms with Crippen LogP contribution in [0.2, 0.25) is 0 Å². The number of amides is 1. The second-order valence-corrected chi connectivity index (χ2v) is 27.8. The number of carbonyl (C=O) groups excluding carboxylic acids is 1. The summed E-state index contributed by atoms with van der Waals surface area (Å²) in [5.41, 5.74) is 0. The van der Waals surface area contributed by atoms with Crippen molar-refractivity contribution in [3.63, 3.8) is 0 Å². The fraction of sp³-hybridized carbons (Fsp3) is 0.774. The average Bonchev–Trinajstić information content (AvgIpc) is 0.793. The molecule has 14 heteroatoms. The maximum Gasteiger partial charge on any atom is 0.220 e. The van der Waals surface area contributed by atoms with Gasteiger partial charge in [0.15, 0.2) is 12.6 Å². The Labute approximate surface area is 597 Å². The van der Waals surface area contributed by atoms with Crippen molar-refractivity contribution in [3.05, 3.63) is 109 Å². The van der Waals surface area contributed by atoms with Crippen LogP contribution in [0.5, 0.6) is 0 Å². The van der Waals surface area contributed by atoms with E-state index in [0.717, 1.165) is 109 Å². The monoisotopic (exact) mass is 1380 g/mol. The van der Waals surface area contributed by atoms with Crippen molar-refractivity contribution < 1.29 is 64.6 Å². The summed E-state index contributed by atoms with van der Waals surface area (Å²) in [7, 11) is 0. The molecule has 0 aromatic rings. The quantitative estimate of drug-likeness (QED) is 0.0204. The van der Waals surface area contributed by atoms with Gasteiger partial charge < -0.3 is 65.1 Å². The molecule has 2 aliphatic rings. The van der Waals surface area contributed by atoms with E-state index >= 15 is 0 Å². The zero-order valence-corrected chi connectivity index (χ0v) is 62.0. The minimum atomic E-state index is -1.79. The normalized spacial score (nSPS) is 22.6. The second kappa shape index (κ2) is 66.9. The van der Waals surface area contributed by atoms with Crippen molar-refractivity contribution in [2.75, 3.05) is 19.8 Å². The molecule has 14 nitrogen and oxygen atoms in total. The maximum absolute atomic E-state index is 13.4. The third kappa shape index (κ3) is 49.3. The summed E-state index contributed by atoms with van der Waals surface area (Å²) in [4.78, 5) is 13.4. The molecule has 2 fully saturated rings. The van der Waals surface area contributed by atoms with E-state index in [1.807, 2.05) is 0 Å². The van der Waals surface area contributed by atoms with Crippen LogP contribution in [0.25, 0.3) is 0 Å². The minimum Gasteiger partial charge on any atom is -0.394 e. The Balaban J connectivity index is 1.61. The van der Waals surface area contributed by atoms with Gasteiger partial charge in [0.1, 0.15) is 48.8 Å². The van der Waals surface area contributed by atoms with E-state index in [4.69, 9.17) is 18.9 Å². The number of ether oxygens (including phenoxy) is 4. The van der Waals surface area contributed by atoms with Gasteiger partial charge >= 0.3 is 0 Å². The van der Waals surface area contributed by atoms with Crippen LogP contribution in [-0.4, -0.2) is 140 Å². The first kappa shape index (κ1) is 90.7. The van der Waals surface area contributed by atoms with E-state index < -0.39 is 86.8 Å². The Kier molecular flexibility index (Phi) is 61.9. The summed E-state index contributed by atoms with van der Waals surface area (Å²) in [6.07, 6.45) is 79.7. The molecule has 2 saturated heterocycles. The fourth-order valence-corrected chi connectivity index (χ4v) is 12.7. The molecule has 566 valence electrons. The first-order valence-electron chi connectivity index (χ1n) is 40.1. The zero-order valence-electron chi connectivity index (χ0n) is 62.0. The molecule has 0 radical (unpaired) electrons. The maximum atomic E-state index is 13.4. The largest absolute Gasteiger partial charge is 0.394 e. The molecular formula is C84H147NO13. The number of nitrogens with one attached hydrogen (secondary N) is 1. The summed E-state index contributed by atoms with van der Waals surface area (Å²) in [6.45, 7) is 2.78. The van der Waals surface area contributed by atoms with Gasteiger partial charge in [-0.2, -0.15) is 0 Å². The molecule has 98 heavy (non-hydrogen) atoms. The minimum absolute atomic E-state index is 0.210. The van der Waals surface area contributed by atoms with Gasteiger partial charge in [0.05, 0.1) is 32.0 Å². The van der Waals surface area contributed by atoms with E-state index in [1.165, 1.54) is 180 Å². The van der Waals surface area contributed by atoms with E-state index in [-0.39, 0.29) is 12.5 Å². The number of unbranched alkanes of at least 4 members (excludes halogenated alkanes) is 35. The second-order valence-electron chi connectivity index (χ2n) is 27.8. The summed E-state index contributed by atoms with van der Waals surface area (Å²) in [5.74, 6) is -0.210. The van der Waals surface area contributed by atoms with E-state index in [2.05, 4.69) is 129 Å². The summed E-state index contributed by atoms with van der Waals surface area (Å²) in [6, 6.07) is -0.839. The summed E-state index contributed by atoms with van der Waals surface area (Å²) in [5, 5.41) is 87.9. The van der Waals surface area contributed by atoms with Gasteiger partial charge in [0.25, 0.3) is 0 Å². The predicted molar refractivity (Wildman–Crippen MR) is 406 cm³/mol. The van der Waals surface area contributed by atoms with Crippen LogP contribution in [0.3, 0.4) is 0 Å². The molecule has 0 aromatic carbocycles. The highest BCUT2D eigenvalue weighted by Gasteiger charge is 2.51. The van der Waals surface area contributed by atoms with Crippen LogP contribution in [0.1, 0.15) is 322 Å². The van der Waals surface area contributed by atoms with Crippen molar-refractivity contribution in [2.45, 2.75) is 396 Å². The molecule has 0 bridgehead atoms. The predicted octanol–water partition coefficient (Wildman–Crippen LogP) is 18.2. The fourth-order valence-electron chi connectivity index (χ4n) is 12.7. The average molecular weight is 1380 g/mol. The van der Waals surface area contributed by atoms with Gasteiger partial charge in [-0.3, -0.25) is 4.79 Å². The molecule has 2 aliphatic heterocycles. The van der Waals surface area contributed by atoms with Gasteiger partial charge in [-0.15, -0.1) is 0 Å². The molecule has 12 unspecified atom stereocenters. The molecule has 1 amide bonds. The topological polar surface area (TPSA) is 228 Å². The van der Waals surface area contributed by atoms with Gasteiger partial charge in [-0.1, -0.05) is 342 Å². The summed E-state index contributed by atoms with van der Waals surface area (Å²) >= 11 is 0.